The van der Waals surface area contributed by atoms with Crippen molar-refractivity contribution in [3.05, 3.63) is 0 Å². The van der Waals surface area contributed by atoms with Crippen LogP contribution in [0.2, 0.25) is 0 Å². The first kappa shape index (κ1) is 92.8. The van der Waals surface area contributed by atoms with Crippen LogP contribution in [0.25, 0.3) is 0 Å². The van der Waals surface area contributed by atoms with Crippen molar-refractivity contribution in [1.82, 2.24) is 42.3 Å². The van der Waals surface area contributed by atoms with Gasteiger partial charge in [-0.25, -0.2) is 0 Å². The number of unbranched alkanes of at least 4 members (excludes halogenated alkanes) is 2. The number of nitrogens with zero attached hydrogens (tertiary/aromatic N) is 1. The molecule has 4 heterocycles. The van der Waals surface area contributed by atoms with Crippen molar-refractivity contribution in [1.29, 1.82) is 0 Å². The fraction of sp³-hybridized carbons (Fsp3) is 0.859. The molecule has 0 bridgehead atoms. The van der Waals surface area contributed by atoms with Gasteiger partial charge in [-0.05, 0) is 38.5 Å². The summed E-state index contributed by atoms with van der Waals surface area (Å²) in [4.78, 5) is 118. The molecule has 4 aliphatic heterocycles. The molecule has 4 aliphatic rings. The van der Waals surface area contributed by atoms with E-state index in [0.717, 1.165) is 0 Å². The van der Waals surface area contributed by atoms with Crippen LogP contribution in [0, 0.1) is 0 Å². The van der Waals surface area contributed by atoms with Gasteiger partial charge >= 0.3 is 0 Å². The Morgan fingerprint density at radius 2 is 0.726 bits per heavy atom. The molecule has 0 saturated carbocycles. The summed E-state index contributed by atoms with van der Waals surface area (Å²) < 4.78 is 82.7. The average molecular weight is 1540 g/mol. The van der Waals surface area contributed by atoms with Crippen molar-refractivity contribution in [2.24, 2.45) is 0 Å². The third-order valence-electron chi connectivity index (χ3n) is 16.2. The maximum absolute atomic E-state index is 14.1. The highest BCUT2D eigenvalue weighted by Gasteiger charge is 2.48. The van der Waals surface area contributed by atoms with E-state index in [2.05, 4.69) is 37.2 Å². The smallest absolute Gasteiger partial charge is 0.253 e. The van der Waals surface area contributed by atoms with E-state index < -0.39 is 184 Å². The first-order valence-electron chi connectivity index (χ1n) is 35.3. The Balaban J connectivity index is 1.17. The molecule has 16 N–H and O–H groups in total. The summed E-state index contributed by atoms with van der Waals surface area (Å²) in [5.41, 5.74) is 0. The zero-order valence-corrected chi connectivity index (χ0v) is 60.2. The van der Waals surface area contributed by atoms with E-state index in [9.17, 15) is 89.1 Å². The standard InChI is InChI=1S/C64H112N8O34/c1-39(76)67-52-58(87)55(84)44(32-73)104-62(52)100-29-26-94-17-14-91-20-23-97-36-47(79)65-12-6-4-8-42(35-103-72-50(82)10-11-51(72)83)70-61(90)43(71-49(81)38-99-25-22-93-16-19-96-28-31-102-64-54(69-41(3)78)60(89)57(86)46(34-75)106-64)9-5-7-13-66-48(80)37-98-24-21-92-15-18-95-27-30-101-63-53(68-40(2)77)59(88)56(85)45(33-74)105-63/h42-46,52-60,62-64,73-75,84-89H,4-38H2,1-3H3,(H,65,79)(H,66,80)(H,67,76)(H,68,77)(H,69,78)(H,70,90)(H,71,81)/t42?,43?,44-,45-,46-,52-,53-,54-,55+,56+,57+,58-,59-,60-,62-,63-,64-/m1/s1. The molecule has 4 saturated heterocycles. The van der Waals surface area contributed by atoms with E-state index in [1.807, 2.05) is 0 Å². The zero-order valence-electron chi connectivity index (χ0n) is 60.2. The third-order valence-corrected chi connectivity index (χ3v) is 16.2. The molecule has 0 aromatic heterocycles. The van der Waals surface area contributed by atoms with Gasteiger partial charge in [-0.3, -0.25) is 48.0 Å². The van der Waals surface area contributed by atoms with E-state index in [-0.39, 0.29) is 178 Å². The Labute approximate surface area is 613 Å². The van der Waals surface area contributed by atoms with Crippen molar-refractivity contribution >= 4 is 53.2 Å². The molecule has 106 heavy (non-hydrogen) atoms. The number of hydroxylamine groups is 2. The van der Waals surface area contributed by atoms with Gasteiger partial charge in [0.2, 0.25) is 41.4 Å². The molecule has 0 radical (unpaired) electrons. The van der Waals surface area contributed by atoms with E-state index >= 15 is 0 Å². The first-order chi connectivity index (χ1) is 51.0. The Morgan fingerprint density at radius 1 is 0.415 bits per heavy atom. The summed E-state index contributed by atoms with van der Waals surface area (Å²) in [6.45, 7) is 2.31. The van der Waals surface area contributed by atoms with Gasteiger partial charge in [-0.2, -0.15) is 5.06 Å². The average Bonchev–Trinajstić information content (AvgIpc) is 1.53. The van der Waals surface area contributed by atoms with Gasteiger partial charge in [0.1, 0.15) is 98.9 Å². The van der Waals surface area contributed by atoms with Crippen LogP contribution in [0.3, 0.4) is 0 Å². The summed E-state index contributed by atoms with van der Waals surface area (Å²) in [5, 5.41) is 109. The Bertz CT molecular complexity index is 2530. The van der Waals surface area contributed by atoms with Crippen LogP contribution in [0.4, 0.5) is 0 Å². The molecule has 0 spiro atoms. The predicted molar refractivity (Wildman–Crippen MR) is 356 cm³/mol. The van der Waals surface area contributed by atoms with Gasteiger partial charge in [0, 0.05) is 46.7 Å². The number of nitrogens with one attached hydrogen (secondary N) is 7. The van der Waals surface area contributed by atoms with Gasteiger partial charge in [0.05, 0.1) is 151 Å². The summed E-state index contributed by atoms with van der Waals surface area (Å²) in [6, 6.07) is -5.26. The van der Waals surface area contributed by atoms with Gasteiger partial charge in [0.15, 0.2) is 18.9 Å². The van der Waals surface area contributed by atoms with Crippen LogP contribution in [-0.2, 0) is 119 Å². The molecule has 0 aromatic rings. The maximum atomic E-state index is 14.1. The van der Waals surface area contributed by atoms with Crippen molar-refractivity contribution in [2.45, 2.75) is 176 Å². The molecule has 0 aliphatic carbocycles. The Hall–Kier alpha value is -5.57. The highest BCUT2D eigenvalue weighted by Crippen LogP contribution is 2.25. The van der Waals surface area contributed by atoms with Crippen molar-refractivity contribution < 1.29 is 165 Å². The first-order valence-corrected chi connectivity index (χ1v) is 35.3. The topological polar surface area (TPSA) is 571 Å². The number of aliphatic hydroxyl groups is 9. The number of hydrogen-bond donors (Lipinski definition) is 16. The summed E-state index contributed by atoms with van der Waals surface area (Å²) >= 11 is 0. The van der Waals surface area contributed by atoms with Crippen LogP contribution in [0.5, 0.6) is 0 Å². The quantitative estimate of drug-likeness (QED) is 0.0199. The second-order valence-electron chi connectivity index (χ2n) is 24.6. The number of rotatable bonds is 58. The lowest BCUT2D eigenvalue weighted by atomic mass is 9.97. The number of carbonyl (C=O) groups is 9. The number of imide groups is 1. The number of ether oxygens (including phenoxy) is 15. The van der Waals surface area contributed by atoms with Crippen LogP contribution in [0.1, 0.15) is 72.1 Å². The largest absolute Gasteiger partial charge is 0.394 e. The maximum Gasteiger partial charge on any atom is 0.253 e. The predicted octanol–water partition coefficient (Wildman–Crippen LogP) is -9.36. The van der Waals surface area contributed by atoms with E-state index in [4.69, 9.17) is 75.9 Å². The van der Waals surface area contributed by atoms with E-state index in [1.165, 1.54) is 20.8 Å². The van der Waals surface area contributed by atoms with Crippen LogP contribution < -0.4 is 37.2 Å². The fourth-order valence-electron chi connectivity index (χ4n) is 10.7. The minimum absolute atomic E-state index is 0.0181. The van der Waals surface area contributed by atoms with Crippen molar-refractivity contribution in [3.63, 3.8) is 0 Å². The van der Waals surface area contributed by atoms with Crippen LogP contribution in [-0.4, -0.2) is 386 Å². The minimum atomic E-state index is -1.47. The molecule has 2 unspecified atom stereocenters. The lowest BCUT2D eigenvalue weighted by Gasteiger charge is -2.42. The number of amides is 9. The molecule has 4 fully saturated rings. The SMILES string of the molecule is CC(=O)N[C@H]1[C@H](OCCOCCOCCOCC(=O)NCCCCC(CON2C(=O)CCC2=O)NC(=O)C(CCCCNC(=O)COCCOCCOCCO[C@@H]2O[C@H](CO)[C@H](O)[C@H](O)[C@H]2NC(C)=O)NC(=O)COCCOCCOCCO[C@@H]2O[C@H](CO)[C@H](O)[C@H](O)[C@H]2NC(C)=O)O[C@H](CO)[C@H](O)[C@@H]1O. The highest BCUT2D eigenvalue weighted by molar-refractivity contribution is 6.00. The second kappa shape index (κ2) is 54.1. The zero-order chi connectivity index (χ0) is 77.6. The second-order valence-corrected chi connectivity index (χ2v) is 24.6. The Kier molecular flexibility index (Phi) is 47.4. The number of hydrogen-bond acceptors (Lipinski definition) is 34. The molecule has 42 nitrogen and oxygen atoms in total. The highest BCUT2D eigenvalue weighted by atomic mass is 16.7. The normalized spacial score (nSPS) is 25.9. The molecule has 0 aromatic carbocycles. The summed E-state index contributed by atoms with van der Waals surface area (Å²) in [6.07, 6.45) is -14.0. The van der Waals surface area contributed by atoms with Crippen molar-refractivity contribution in [3.8, 4) is 0 Å². The van der Waals surface area contributed by atoms with Gasteiger partial charge < -0.3 is 154 Å². The minimum Gasteiger partial charge on any atom is -0.394 e. The Morgan fingerprint density at radius 3 is 1.06 bits per heavy atom. The lowest BCUT2D eigenvalue weighted by molar-refractivity contribution is -0.272. The molecular weight excluding hydrogens is 1420 g/mol. The molecule has 4 rings (SSSR count). The number of aliphatic hydroxyl groups excluding tert-OH is 9. The van der Waals surface area contributed by atoms with Crippen LogP contribution in [0.15, 0.2) is 0 Å². The van der Waals surface area contributed by atoms with Crippen LogP contribution >= 0.6 is 0 Å². The fourth-order valence-corrected chi connectivity index (χ4v) is 10.7. The van der Waals surface area contributed by atoms with Gasteiger partial charge in [-0.1, -0.05) is 0 Å². The van der Waals surface area contributed by atoms with Crippen molar-refractivity contribution in [2.75, 3.05) is 178 Å². The molecule has 612 valence electrons. The molecule has 17 atom stereocenters. The van der Waals surface area contributed by atoms with E-state index in [1.54, 1.807) is 0 Å². The third kappa shape index (κ3) is 36.3. The molecular formula is C64H112N8O34. The van der Waals surface area contributed by atoms with E-state index in [0.29, 0.717) is 30.7 Å². The number of carbonyl (C=O) groups excluding carboxylic acids is 9. The summed E-state index contributed by atoms with van der Waals surface area (Å²) in [5.74, 6) is -4.74. The monoisotopic (exact) mass is 1540 g/mol. The van der Waals surface area contributed by atoms with Gasteiger partial charge in [0.25, 0.3) is 11.8 Å². The molecule has 9 amide bonds. The summed E-state index contributed by atoms with van der Waals surface area (Å²) in [7, 11) is 0. The molecule has 42 heteroatoms. The lowest BCUT2D eigenvalue weighted by Crippen LogP contribution is -2.64. The van der Waals surface area contributed by atoms with Gasteiger partial charge in [-0.15, -0.1) is 0 Å².